The first-order valence-corrected chi connectivity index (χ1v) is 5.36. The van der Waals surface area contributed by atoms with E-state index in [9.17, 15) is 13.2 Å². The van der Waals surface area contributed by atoms with E-state index in [1.54, 1.807) is 0 Å². The molecule has 0 unspecified atom stereocenters. The lowest BCUT2D eigenvalue weighted by molar-refractivity contribution is -0.352. The molecule has 1 aliphatic heterocycles. The topological polar surface area (TPSA) is 18.5 Å². The van der Waals surface area contributed by atoms with Crippen LogP contribution in [0.4, 0.5) is 13.2 Å². The van der Waals surface area contributed by atoms with Crippen LogP contribution in [0.5, 0.6) is 0 Å². The van der Waals surface area contributed by atoms with Gasteiger partial charge in [0, 0.05) is 10.0 Å². The third kappa shape index (κ3) is 1.85. The molecule has 1 aliphatic rings. The molecule has 1 aromatic rings. The minimum absolute atomic E-state index is 0.0410. The minimum atomic E-state index is -4.59. The highest BCUT2D eigenvalue weighted by atomic mass is 79.9. The number of hydrogen-bond donors (Lipinski definition) is 0. The van der Waals surface area contributed by atoms with E-state index in [0.29, 0.717) is 4.47 Å². The molecule has 1 heterocycles. The summed E-state index contributed by atoms with van der Waals surface area (Å²) >= 11 is 3.16. The first-order valence-electron chi connectivity index (χ1n) is 4.56. The van der Waals surface area contributed by atoms with E-state index in [1.807, 2.05) is 0 Å². The van der Waals surface area contributed by atoms with E-state index in [-0.39, 0.29) is 18.8 Å². The van der Waals surface area contributed by atoms with Gasteiger partial charge in [0.1, 0.15) is 0 Å². The molecule has 0 aromatic heterocycles. The van der Waals surface area contributed by atoms with Gasteiger partial charge in [0.15, 0.2) is 0 Å². The number of rotatable bonds is 1. The number of halogens is 4. The van der Waals surface area contributed by atoms with Gasteiger partial charge in [0.25, 0.3) is 5.79 Å². The van der Waals surface area contributed by atoms with Gasteiger partial charge in [-0.1, -0.05) is 28.1 Å². The van der Waals surface area contributed by atoms with Crippen LogP contribution in [0.3, 0.4) is 0 Å². The molecule has 1 aromatic carbocycles. The van der Waals surface area contributed by atoms with Gasteiger partial charge in [-0.15, -0.1) is 0 Å². The molecule has 1 saturated heterocycles. The van der Waals surface area contributed by atoms with Crippen molar-refractivity contribution in [3.05, 3.63) is 34.3 Å². The molecule has 0 amide bonds. The summed E-state index contributed by atoms with van der Waals surface area (Å²) in [5.74, 6) is -2.60. The summed E-state index contributed by atoms with van der Waals surface area (Å²) in [6, 6.07) is 5.72. The van der Waals surface area contributed by atoms with E-state index in [2.05, 4.69) is 15.9 Å². The summed E-state index contributed by atoms with van der Waals surface area (Å²) in [6.45, 7) is -0.120. The second-order valence-corrected chi connectivity index (χ2v) is 4.23. The van der Waals surface area contributed by atoms with Crippen LogP contribution in [-0.4, -0.2) is 19.4 Å². The highest BCUT2D eigenvalue weighted by Crippen LogP contribution is 2.45. The van der Waals surface area contributed by atoms with Crippen LogP contribution in [0.15, 0.2) is 28.7 Å². The summed E-state index contributed by atoms with van der Waals surface area (Å²) in [5, 5.41) is 0. The molecule has 0 N–H and O–H groups in total. The molecule has 88 valence electrons. The van der Waals surface area contributed by atoms with Crippen molar-refractivity contribution >= 4 is 15.9 Å². The van der Waals surface area contributed by atoms with E-state index in [0.717, 1.165) is 0 Å². The molecular formula is C10H8BrF3O2. The zero-order valence-corrected chi connectivity index (χ0v) is 9.64. The molecule has 2 rings (SSSR count). The molecule has 0 radical (unpaired) electrons. The Bertz CT molecular complexity index is 369. The Morgan fingerprint density at radius 2 is 1.56 bits per heavy atom. The lowest BCUT2D eigenvalue weighted by Crippen LogP contribution is -2.43. The van der Waals surface area contributed by atoms with Gasteiger partial charge in [0.05, 0.1) is 13.2 Å². The zero-order chi connectivity index (χ0) is 11.8. The van der Waals surface area contributed by atoms with Gasteiger partial charge in [-0.3, -0.25) is 0 Å². The van der Waals surface area contributed by atoms with E-state index < -0.39 is 12.0 Å². The normalized spacial score (nSPS) is 20.0. The molecule has 2 nitrogen and oxygen atoms in total. The highest BCUT2D eigenvalue weighted by Gasteiger charge is 2.61. The first-order chi connectivity index (χ1) is 7.46. The van der Waals surface area contributed by atoms with Crippen molar-refractivity contribution in [2.75, 3.05) is 13.2 Å². The Balaban J connectivity index is 2.44. The van der Waals surface area contributed by atoms with Crippen molar-refractivity contribution in [3.8, 4) is 0 Å². The summed E-state index contributed by atoms with van der Waals surface area (Å²) in [4.78, 5) is 0. The van der Waals surface area contributed by atoms with E-state index in [1.165, 1.54) is 24.3 Å². The van der Waals surface area contributed by atoms with Crippen molar-refractivity contribution < 1.29 is 22.6 Å². The molecule has 6 heteroatoms. The average Bonchev–Trinajstić information content (AvgIpc) is 2.68. The van der Waals surface area contributed by atoms with Gasteiger partial charge in [-0.2, -0.15) is 13.2 Å². The van der Waals surface area contributed by atoms with Crippen molar-refractivity contribution in [2.24, 2.45) is 0 Å². The largest absolute Gasteiger partial charge is 0.448 e. The Hall–Kier alpha value is -0.590. The third-order valence-electron chi connectivity index (χ3n) is 2.29. The maximum atomic E-state index is 12.9. The van der Waals surface area contributed by atoms with Crippen LogP contribution in [0.1, 0.15) is 5.56 Å². The molecule has 0 saturated carbocycles. The summed E-state index contributed by atoms with van der Waals surface area (Å²) < 4.78 is 49.1. The van der Waals surface area contributed by atoms with Crippen molar-refractivity contribution in [1.82, 2.24) is 0 Å². The maximum absolute atomic E-state index is 12.9. The number of hydrogen-bond acceptors (Lipinski definition) is 2. The standard InChI is InChI=1S/C10H8BrF3O2/c11-8-3-1-7(2-4-8)9(10(12,13)14)15-5-6-16-9/h1-4H,5-6H2. The van der Waals surface area contributed by atoms with Crippen molar-refractivity contribution in [1.29, 1.82) is 0 Å². The Morgan fingerprint density at radius 3 is 2.00 bits per heavy atom. The summed E-state index contributed by atoms with van der Waals surface area (Å²) in [6.07, 6.45) is -4.59. The van der Waals surface area contributed by atoms with Gasteiger partial charge < -0.3 is 9.47 Å². The second kappa shape index (κ2) is 4.01. The third-order valence-corrected chi connectivity index (χ3v) is 2.82. The van der Waals surface area contributed by atoms with Gasteiger partial charge >= 0.3 is 6.18 Å². The van der Waals surface area contributed by atoms with E-state index >= 15 is 0 Å². The van der Waals surface area contributed by atoms with Crippen LogP contribution < -0.4 is 0 Å². The molecule has 0 bridgehead atoms. The number of alkyl halides is 3. The molecular weight excluding hydrogens is 289 g/mol. The van der Waals surface area contributed by atoms with Gasteiger partial charge in [-0.25, -0.2) is 0 Å². The molecule has 0 atom stereocenters. The molecule has 0 aliphatic carbocycles. The molecule has 1 fully saturated rings. The average molecular weight is 297 g/mol. The SMILES string of the molecule is FC(F)(F)C1(c2ccc(Br)cc2)OCCO1. The van der Waals surface area contributed by atoms with Crippen LogP contribution in [0, 0.1) is 0 Å². The predicted octanol–water partition coefficient (Wildman–Crippen LogP) is 3.21. The minimum Gasteiger partial charge on any atom is -0.336 e. The van der Waals surface area contributed by atoms with Crippen LogP contribution in [-0.2, 0) is 15.3 Å². The van der Waals surface area contributed by atoms with Crippen LogP contribution in [0.2, 0.25) is 0 Å². The predicted molar refractivity (Wildman–Crippen MR) is 53.8 cm³/mol. The number of benzene rings is 1. The molecule has 16 heavy (non-hydrogen) atoms. The zero-order valence-electron chi connectivity index (χ0n) is 8.05. The van der Waals surface area contributed by atoms with Gasteiger partial charge in [-0.05, 0) is 12.1 Å². The smallest absolute Gasteiger partial charge is 0.336 e. The fraction of sp³-hybridized carbons (Fsp3) is 0.400. The fourth-order valence-electron chi connectivity index (χ4n) is 1.58. The van der Waals surface area contributed by atoms with Crippen molar-refractivity contribution in [3.63, 3.8) is 0 Å². The fourth-order valence-corrected chi connectivity index (χ4v) is 1.84. The molecule has 0 spiro atoms. The Labute approximate surface area is 98.5 Å². The Morgan fingerprint density at radius 1 is 1.06 bits per heavy atom. The first kappa shape index (κ1) is 11.9. The van der Waals surface area contributed by atoms with Crippen LogP contribution in [0.25, 0.3) is 0 Å². The maximum Gasteiger partial charge on any atom is 0.448 e. The number of ether oxygens (including phenoxy) is 2. The van der Waals surface area contributed by atoms with Crippen molar-refractivity contribution in [2.45, 2.75) is 12.0 Å². The Kier molecular flexibility index (Phi) is 2.98. The highest BCUT2D eigenvalue weighted by molar-refractivity contribution is 9.10. The summed E-state index contributed by atoms with van der Waals surface area (Å²) in [5.41, 5.74) is -0.0410. The summed E-state index contributed by atoms with van der Waals surface area (Å²) in [7, 11) is 0. The van der Waals surface area contributed by atoms with Crippen LogP contribution >= 0.6 is 15.9 Å². The lowest BCUT2D eigenvalue weighted by atomic mass is 10.1. The monoisotopic (exact) mass is 296 g/mol. The van der Waals surface area contributed by atoms with Gasteiger partial charge in [0.2, 0.25) is 0 Å². The van der Waals surface area contributed by atoms with E-state index in [4.69, 9.17) is 9.47 Å². The second-order valence-electron chi connectivity index (χ2n) is 3.32. The quantitative estimate of drug-likeness (QED) is 0.792. The lowest BCUT2D eigenvalue weighted by Gasteiger charge is -2.29.